The first-order valence-electron chi connectivity index (χ1n) is 7.53. The number of nitrogens with zero attached hydrogens (tertiary/aromatic N) is 1. The molecule has 0 saturated carbocycles. The molecule has 0 spiro atoms. The Morgan fingerprint density at radius 3 is 2.26 bits per heavy atom. The molecule has 1 aromatic rings. The summed E-state index contributed by atoms with van der Waals surface area (Å²) in [7, 11) is 0. The van der Waals surface area contributed by atoms with E-state index in [0.717, 1.165) is 38.3 Å². The first-order valence-corrected chi connectivity index (χ1v) is 7.53. The van der Waals surface area contributed by atoms with E-state index in [4.69, 9.17) is 0 Å². The molecular formula is C17H27Cl2N3O. The molecule has 1 atom stereocenters. The molecule has 2 N–H and O–H groups in total. The fourth-order valence-corrected chi connectivity index (χ4v) is 2.77. The maximum atomic E-state index is 11.1. The Morgan fingerprint density at radius 1 is 1.22 bits per heavy atom. The summed E-state index contributed by atoms with van der Waals surface area (Å²) < 4.78 is 0. The van der Waals surface area contributed by atoms with Crippen LogP contribution >= 0.6 is 24.8 Å². The lowest BCUT2D eigenvalue weighted by Gasteiger charge is -2.35. The van der Waals surface area contributed by atoms with Crippen molar-refractivity contribution in [2.45, 2.75) is 26.3 Å². The van der Waals surface area contributed by atoms with Crippen LogP contribution in [0.2, 0.25) is 0 Å². The molecule has 0 aromatic heterocycles. The maximum absolute atomic E-state index is 11.1. The van der Waals surface area contributed by atoms with E-state index >= 15 is 0 Å². The first kappa shape index (κ1) is 21.9. The molecule has 1 fully saturated rings. The van der Waals surface area contributed by atoms with Crippen LogP contribution in [0.5, 0.6) is 0 Å². The van der Waals surface area contributed by atoms with Gasteiger partial charge in [0.25, 0.3) is 0 Å². The average Bonchev–Trinajstić information content (AvgIpc) is 2.46. The lowest BCUT2D eigenvalue weighted by Crippen LogP contribution is -2.45. The van der Waals surface area contributed by atoms with Crippen LogP contribution < -0.4 is 10.6 Å². The zero-order chi connectivity index (χ0) is 15.2. The van der Waals surface area contributed by atoms with Crippen molar-refractivity contribution in [3.63, 3.8) is 0 Å². The molecule has 1 aliphatic rings. The topological polar surface area (TPSA) is 44.4 Å². The minimum absolute atomic E-state index is 0. The number of amides is 1. The molecule has 23 heavy (non-hydrogen) atoms. The van der Waals surface area contributed by atoms with Gasteiger partial charge in [0.15, 0.2) is 0 Å². The molecule has 1 amide bonds. The minimum Gasteiger partial charge on any atom is -0.326 e. The number of hydrogen-bond acceptors (Lipinski definition) is 3. The Morgan fingerprint density at radius 2 is 1.78 bits per heavy atom. The van der Waals surface area contributed by atoms with Crippen molar-refractivity contribution in [3.8, 4) is 0 Å². The Kier molecular flexibility index (Phi) is 10.2. The van der Waals surface area contributed by atoms with Gasteiger partial charge in [-0.15, -0.1) is 31.4 Å². The van der Waals surface area contributed by atoms with Crippen LogP contribution in [0.1, 0.15) is 31.9 Å². The fourth-order valence-electron chi connectivity index (χ4n) is 2.77. The Labute approximate surface area is 151 Å². The van der Waals surface area contributed by atoms with Crippen LogP contribution in [0.25, 0.3) is 0 Å². The molecule has 6 heteroatoms. The molecule has 2 rings (SSSR count). The van der Waals surface area contributed by atoms with Gasteiger partial charge in [0.05, 0.1) is 0 Å². The largest absolute Gasteiger partial charge is 0.326 e. The summed E-state index contributed by atoms with van der Waals surface area (Å²) in [6, 6.07) is 8.55. The van der Waals surface area contributed by atoms with Crippen LogP contribution in [-0.4, -0.2) is 37.0 Å². The van der Waals surface area contributed by atoms with Gasteiger partial charge in [0.1, 0.15) is 0 Å². The molecule has 4 nitrogen and oxygen atoms in total. The number of halogens is 2. The van der Waals surface area contributed by atoms with E-state index in [9.17, 15) is 4.79 Å². The number of rotatable bonds is 5. The third kappa shape index (κ3) is 6.92. The highest BCUT2D eigenvalue weighted by atomic mass is 35.5. The van der Waals surface area contributed by atoms with Crippen molar-refractivity contribution in [2.24, 2.45) is 0 Å². The lowest BCUT2D eigenvalue weighted by molar-refractivity contribution is -0.114. The lowest BCUT2D eigenvalue weighted by atomic mass is 9.97. The number of carbonyl (C=O) groups excluding carboxylic acids is 1. The standard InChI is InChI=1S/C17H25N3O.2ClH/c1-13(2)12-17(20-10-8-18-9-11-20)15-4-6-16(7-5-15)19-14(3)21;;/h4-7,17-18H,1,8-12H2,2-3H3,(H,19,21);2*1H/t17-;;/m1../s1. The average molecular weight is 360 g/mol. The van der Waals surface area contributed by atoms with Crippen LogP contribution in [0, 0.1) is 0 Å². The second-order valence-corrected chi connectivity index (χ2v) is 5.77. The summed E-state index contributed by atoms with van der Waals surface area (Å²) in [4.78, 5) is 13.6. The van der Waals surface area contributed by atoms with Gasteiger partial charge < -0.3 is 10.6 Å². The van der Waals surface area contributed by atoms with Gasteiger partial charge in [-0.2, -0.15) is 0 Å². The van der Waals surface area contributed by atoms with Gasteiger partial charge in [-0.1, -0.05) is 17.7 Å². The van der Waals surface area contributed by atoms with Crippen LogP contribution in [0.15, 0.2) is 36.4 Å². The van der Waals surface area contributed by atoms with Crippen molar-refractivity contribution >= 4 is 36.4 Å². The number of hydrogen-bond donors (Lipinski definition) is 2. The monoisotopic (exact) mass is 359 g/mol. The number of carbonyl (C=O) groups is 1. The molecule has 1 saturated heterocycles. The summed E-state index contributed by atoms with van der Waals surface area (Å²) in [5, 5.41) is 6.20. The third-order valence-electron chi connectivity index (χ3n) is 3.75. The number of anilines is 1. The second-order valence-electron chi connectivity index (χ2n) is 5.77. The summed E-state index contributed by atoms with van der Waals surface area (Å²) >= 11 is 0. The van der Waals surface area contributed by atoms with E-state index in [1.807, 2.05) is 12.1 Å². The predicted molar refractivity (Wildman–Crippen MR) is 102 cm³/mol. The Hall–Kier alpha value is -1.07. The molecule has 1 aliphatic heterocycles. The van der Waals surface area contributed by atoms with E-state index in [1.54, 1.807) is 0 Å². The minimum atomic E-state index is -0.0386. The van der Waals surface area contributed by atoms with Crippen LogP contribution in [0.3, 0.4) is 0 Å². The number of nitrogens with one attached hydrogen (secondary N) is 2. The Balaban J connectivity index is 0.00000242. The molecule has 1 aromatic carbocycles. The summed E-state index contributed by atoms with van der Waals surface area (Å²) in [5.74, 6) is -0.0386. The quantitative estimate of drug-likeness (QED) is 0.791. The van der Waals surface area contributed by atoms with Gasteiger partial charge in [-0.25, -0.2) is 0 Å². The molecular weight excluding hydrogens is 333 g/mol. The number of piperazine rings is 1. The van der Waals surface area contributed by atoms with Crippen LogP contribution in [-0.2, 0) is 4.79 Å². The van der Waals surface area contributed by atoms with Gasteiger partial charge in [-0.05, 0) is 31.0 Å². The van der Waals surface area contributed by atoms with E-state index in [-0.39, 0.29) is 30.7 Å². The molecule has 130 valence electrons. The van der Waals surface area contributed by atoms with E-state index < -0.39 is 0 Å². The third-order valence-corrected chi connectivity index (χ3v) is 3.75. The van der Waals surface area contributed by atoms with E-state index in [0.29, 0.717) is 6.04 Å². The van der Waals surface area contributed by atoms with Crippen molar-refractivity contribution in [2.75, 3.05) is 31.5 Å². The molecule has 0 bridgehead atoms. The maximum Gasteiger partial charge on any atom is 0.221 e. The van der Waals surface area contributed by atoms with Crippen LogP contribution in [0.4, 0.5) is 5.69 Å². The van der Waals surface area contributed by atoms with E-state index in [1.165, 1.54) is 18.1 Å². The normalized spacial score (nSPS) is 15.7. The summed E-state index contributed by atoms with van der Waals surface area (Å²) in [6.07, 6.45) is 0.972. The number of benzene rings is 1. The fraction of sp³-hybridized carbons (Fsp3) is 0.471. The molecule has 0 unspecified atom stereocenters. The zero-order valence-electron chi connectivity index (χ0n) is 13.8. The predicted octanol–water partition coefficient (Wildman–Crippen LogP) is 3.40. The molecule has 1 heterocycles. The Bertz CT molecular complexity index is 499. The SMILES string of the molecule is C=C(C)C[C@H](c1ccc(NC(C)=O)cc1)N1CCNCC1.Cl.Cl. The zero-order valence-corrected chi connectivity index (χ0v) is 15.4. The highest BCUT2D eigenvalue weighted by molar-refractivity contribution is 5.88. The van der Waals surface area contributed by atoms with Crippen molar-refractivity contribution in [3.05, 3.63) is 42.0 Å². The van der Waals surface area contributed by atoms with Crippen molar-refractivity contribution in [1.29, 1.82) is 0 Å². The van der Waals surface area contributed by atoms with Gasteiger partial charge in [0, 0.05) is 44.8 Å². The van der Waals surface area contributed by atoms with Gasteiger partial charge in [-0.3, -0.25) is 9.69 Å². The van der Waals surface area contributed by atoms with Gasteiger partial charge >= 0.3 is 0 Å². The summed E-state index contributed by atoms with van der Waals surface area (Å²) in [6.45, 7) is 11.9. The highest BCUT2D eigenvalue weighted by Crippen LogP contribution is 2.28. The van der Waals surface area contributed by atoms with Gasteiger partial charge in [0.2, 0.25) is 5.91 Å². The van der Waals surface area contributed by atoms with Crippen molar-refractivity contribution in [1.82, 2.24) is 10.2 Å². The smallest absolute Gasteiger partial charge is 0.221 e. The first-order chi connectivity index (χ1) is 10.1. The highest BCUT2D eigenvalue weighted by Gasteiger charge is 2.22. The summed E-state index contributed by atoms with van der Waals surface area (Å²) in [5.41, 5.74) is 3.33. The molecule has 0 radical (unpaired) electrons. The van der Waals surface area contributed by atoms with Crippen molar-refractivity contribution < 1.29 is 4.79 Å². The molecule has 0 aliphatic carbocycles. The second kappa shape index (κ2) is 10.7. The van der Waals surface area contributed by atoms with E-state index in [2.05, 4.69) is 41.2 Å².